The number of benzene rings is 3. The van der Waals surface area contributed by atoms with Gasteiger partial charge < -0.3 is 4.74 Å². The summed E-state index contributed by atoms with van der Waals surface area (Å²) in [6.45, 7) is 6.07. The van der Waals surface area contributed by atoms with Crippen LogP contribution in [0.5, 0.6) is 5.75 Å². The van der Waals surface area contributed by atoms with Gasteiger partial charge in [0.25, 0.3) is 11.8 Å². The van der Waals surface area contributed by atoms with E-state index in [0.717, 1.165) is 31.6 Å². The summed E-state index contributed by atoms with van der Waals surface area (Å²) in [7, 11) is 0. The molecule has 172 valence electrons. The van der Waals surface area contributed by atoms with Crippen LogP contribution in [0.2, 0.25) is 0 Å². The van der Waals surface area contributed by atoms with Gasteiger partial charge in [-0.15, -0.1) is 0 Å². The lowest BCUT2D eigenvalue weighted by Crippen LogP contribution is -2.54. The minimum atomic E-state index is -0.772. The van der Waals surface area contributed by atoms with Gasteiger partial charge in [-0.05, 0) is 67.8 Å². The second-order valence-corrected chi connectivity index (χ2v) is 9.05. The summed E-state index contributed by atoms with van der Waals surface area (Å²) in [4.78, 5) is 39.6. The van der Waals surface area contributed by atoms with Crippen molar-refractivity contribution in [3.63, 3.8) is 0 Å². The van der Waals surface area contributed by atoms with Gasteiger partial charge in [0, 0.05) is 10.0 Å². The van der Waals surface area contributed by atoms with Gasteiger partial charge in [0.2, 0.25) is 0 Å². The first-order valence-electron chi connectivity index (χ1n) is 10.7. The number of imide groups is 2. The maximum atomic E-state index is 13.3. The van der Waals surface area contributed by atoms with Crippen molar-refractivity contribution in [1.29, 1.82) is 0 Å². The van der Waals surface area contributed by atoms with Gasteiger partial charge in [-0.2, -0.15) is 0 Å². The van der Waals surface area contributed by atoms with Gasteiger partial charge in [-0.1, -0.05) is 57.9 Å². The average molecular weight is 519 g/mol. The number of rotatable bonds is 5. The number of urea groups is 1. The van der Waals surface area contributed by atoms with Crippen molar-refractivity contribution in [3.05, 3.63) is 98.5 Å². The number of amides is 4. The summed E-state index contributed by atoms with van der Waals surface area (Å²) >= 11 is 3.44. The Labute approximate surface area is 206 Å². The number of carbonyl (C=O) groups is 3. The fourth-order valence-corrected chi connectivity index (χ4v) is 4.00. The summed E-state index contributed by atoms with van der Waals surface area (Å²) in [5.74, 6) is -0.931. The van der Waals surface area contributed by atoms with E-state index in [9.17, 15) is 14.4 Å². The van der Waals surface area contributed by atoms with Gasteiger partial charge in [-0.25, -0.2) is 9.69 Å². The molecule has 1 heterocycles. The Balaban J connectivity index is 1.69. The highest BCUT2D eigenvalue weighted by Crippen LogP contribution is 2.30. The van der Waals surface area contributed by atoms with Crippen molar-refractivity contribution in [1.82, 2.24) is 5.32 Å². The van der Waals surface area contributed by atoms with Crippen LogP contribution in [0.1, 0.15) is 27.8 Å². The zero-order valence-electron chi connectivity index (χ0n) is 19.0. The number of hydrogen-bond donors (Lipinski definition) is 1. The lowest BCUT2D eigenvalue weighted by atomic mass is 10.0. The van der Waals surface area contributed by atoms with Crippen molar-refractivity contribution in [3.8, 4) is 5.75 Å². The molecule has 1 saturated heterocycles. The van der Waals surface area contributed by atoms with Crippen molar-refractivity contribution in [2.75, 3.05) is 4.90 Å². The van der Waals surface area contributed by atoms with Crippen molar-refractivity contribution in [2.24, 2.45) is 0 Å². The molecule has 0 aromatic heterocycles. The van der Waals surface area contributed by atoms with Crippen LogP contribution in [-0.2, 0) is 16.2 Å². The first kappa shape index (κ1) is 23.4. The Hall–Kier alpha value is -3.71. The number of hydrogen-bond acceptors (Lipinski definition) is 4. The minimum Gasteiger partial charge on any atom is -0.488 e. The zero-order valence-corrected chi connectivity index (χ0v) is 20.6. The molecule has 7 heteroatoms. The molecular formula is C27H23BrN2O4. The van der Waals surface area contributed by atoms with E-state index in [4.69, 9.17) is 4.74 Å². The lowest BCUT2D eigenvalue weighted by Gasteiger charge is -2.28. The monoisotopic (exact) mass is 518 g/mol. The van der Waals surface area contributed by atoms with Crippen LogP contribution in [0.4, 0.5) is 10.5 Å². The van der Waals surface area contributed by atoms with Crippen molar-refractivity contribution < 1.29 is 19.1 Å². The zero-order chi connectivity index (χ0) is 24.4. The topological polar surface area (TPSA) is 75.7 Å². The molecule has 4 rings (SSSR count). The molecule has 3 aromatic carbocycles. The number of nitrogens with one attached hydrogen (secondary N) is 1. The molecule has 0 spiro atoms. The molecular weight excluding hydrogens is 496 g/mol. The summed E-state index contributed by atoms with van der Waals surface area (Å²) in [6, 6.07) is 17.9. The SMILES string of the molecule is Cc1ccc(COc2ccc(Br)cc2/C=C2\C(=O)NC(=O)N(c3cccc(C)c3C)C2=O)cc1. The maximum absolute atomic E-state index is 13.3. The lowest BCUT2D eigenvalue weighted by molar-refractivity contribution is -0.122. The maximum Gasteiger partial charge on any atom is 0.335 e. The van der Waals surface area contributed by atoms with E-state index >= 15 is 0 Å². The van der Waals surface area contributed by atoms with E-state index in [1.807, 2.05) is 57.2 Å². The van der Waals surface area contributed by atoms with Crippen LogP contribution in [0.25, 0.3) is 6.08 Å². The molecule has 0 aliphatic carbocycles. The van der Waals surface area contributed by atoms with E-state index < -0.39 is 17.8 Å². The van der Waals surface area contributed by atoms with E-state index in [2.05, 4.69) is 21.2 Å². The molecule has 6 nitrogen and oxygen atoms in total. The molecule has 4 amide bonds. The van der Waals surface area contributed by atoms with Crippen LogP contribution in [0.15, 0.2) is 70.7 Å². The van der Waals surface area contributed by atoms with E-state index in [1.54, 1.807) is 24.3 Å². The Morgan fingerprint density at radius 3 is 2.44 bits per heavy atom. The van der Waals surface area contributed by atoms with Crippen LogP contribution in [0, 0.1) is 20.8 Å². The Kier molecular flexibility index (Phi) is 6.65. The summed E-state index contributed by atoms with van der Waals surface area (Å²) < 4.78 is 6.77. The molecule has 0 unspecified atom stereocenters. The molecule has 0 atom stereocenters. The molecule has 0 radical (unpaired) electrons. The second-order valence-electron chi connectivity index (χ2n) is 8.13. The fourth-order valence-electron chi connectivity index (χ4n) is 3.62. The van der Waals surface area contributed by atoms with Crippen LogP contribution < -0.4 is 15.0 Å². The quantitative estimate of drug-likeness (QED) is 0.351. The summed E-state index contributed by atoms with van der Waals surface area (Å²) in [6.07, 6.45) is 1.46. The van der Waals surface area contributed by atoms with Crippen LogP contribution in [0.3, 0.4) is 0 Å². The Morgan fingerprint density at radius 2 is 1.71 bits per heavy atom. The molecule has 1 aliphatic heterocycles. The minimum absolute atomic E-state index is 0.154. The number of anilines is 1. The predicted molar refractivity (Wildman–Crippen MR) is 135 cm³/mol. The number of ether oxygens (including phenoxy) is 1. The molecule has 3 aromatic rings. The third-order valence-electron chi connectivity index (χ3n) is 5.71. The molecule has 0 saturated carbocycles. The highest BCUT2D eigenvalue weighted by atomic mass is 79.9. The number of nitrogens with zero attached hydrogens (tertiary/aromatic N) is 1. The largest absolute Gasteiger partial charge is 0.488 e. The number of halogens is 1. The fraction of sp³-hybridized carbons (Fsp3) is 0.148. The normalized spacial score (nSPS) is 15.0. The average Bonchev–Trinajstić information content (AvgIpc) is 2.80. The molecule has 1 N–H and O–H groups in total. The van der Waals surface area contributed by atoms with Crippen molar-refractivity contribution >= 4 is 45.5 Å². The number of aryl methyl sites for hydroxylation is 2. The molecule has 34 heavy (non-hydrogen) atoms. The van der Waals surface area contributed by atoms with E-state index in [0.29, 0.717) is 23.6 Å². The third kappa shape index (κ3) is 4.79. The van der Waals surface area contributed by atoms with Gasteiger partial charge in [0.05, 0.1) is 5.69 Å². The van der Waals surface area contributed by atoms with Crippen LogP contribution in [-0.4, -0.2) is 17.8 Å². The molecule has 1 aliphatic rings. The van der Waals surface area contributed by atoms with Gasteiger partial charge in [0.15, 0.2) is 0 Å². The highest BCUT2D eigenvalue weighted by Gasteiger charge is 2.37. The number of carbonyl (C=O) groups excluding carboxylic acids is 3. The van der Waals surface area contributed by atoms with Gasteiger partial charge in [0.1, 0.15) is 17.9 Å². The first-order valence-corrected chi connectivity index (χ1v) is 11.5. The van der Waals surface area contributed by atoms with Crippen LogP contribution >= 0.6 is 15.9 Å². The Morgan fingerprint density at radius 1 is 0.971 bits per heavy atom. The van der Waals surface area contributed by atoms with E-state index in [1.165, 1.54) is 6.08 Å². The van der Waals surface area contributed by atoms with E-state index in [-0.39, 0.29) is 5.57 Å². The first-order chi connectivity index (χ1) is 16.2. The number of barbiturate groups is 1. The highest BCUT2D eigenvalue weighted by molar-refractivity contribution is 9.10. The summed E-state index contributed by atoms with van der Waals surface area (Å²) in [5.41, 5.74) is 4.68. The Bertz CT molecular complexity index is 1330. The predicted octanol–water partition coefficient (Wildman–Crippen LogP) is 5.62. The van der Waals surface area contributed by atoms with Gasteiger partial charge in [-0.3, -0.25) is 14.9 Å². The standard InChI is InChI=1S/C27H23BrN2O4/c1-16-7-9-19(10-8-16)15-34-24-12-11-21(28)13-20(24)14-22-25(31)29-27(33)30(26(22)32)23-6-4-5-17(2)18(23)3/h4-14H,15H2,1-3H3,(H,29,31,33)/b22-14+. The summed E-state index contributed by atoms with van der Waals surface area (Å²) in [5, 5.41) is 2.28. The molecule has 0 bridgehead atoms. The third-order valence-corrected chi connectivity index (χ3v) is 6.20. The second kappa shape index (κ2) is 9.65. The molecule has 1 fully saturated rings. The van der Waals surface area contributed by atoms with Crippen molar-refractivity contribution in [2.45, 2.75) is 27.4 Å². The van der Waals surface area contributed by atoms with Gasteiger partial charge >= 0.3 is 6.03 Å². The smallest absolute Gasteiger partial charge is 0.335 e.